The zero-order valence-electron chi connectivity index (χ0n) is 10.5. The predicted octanol–water partition coefficient (Wildman–Crippen LogP) is 3.00. The van der Waals surface area contributed by atoms with Crippen LogP contribution in [0, 0.1) is 0 Å². The van der Waals surface area contributed by atoms with Crippen molar-refractivity contribution < 1.29 is 19.1 Å². The number of furan rings is 1. The van der Waals surface area contributed by atoms with Crippen LogP contribution in [0.3, 0.4) is 0 Å². The summed E-state index contributed by atoms with van der Waals surface area (Å²) in [4.78, 5) is 24.2. The molecule has 0 unspecified atom stereocenters. The number of Topliss-reactive ketones (excluding diaryl/α,β-unsaturated/α-hetero) is 1. The summed E-state index contributed by atoms with van der Waals surface area (Å²) in [6.07, 6.45) is 0.879. The van der Waals surface area contributed by atoms with Crippen LogP contribution in [0.25, 0.3) is 0 Å². The second-order valence-corrected chi connectivity index (χ2v) is 5.55. The van der Waals surface area contributed by atoms with Crippen molar-refractivity contribution in [3.05, 3.63) is 51.9 Å². The minimum Gasteiger partial charge on any atom is -0.461 e. The van der Waals surface area contributed by atoms with Crippen molar-refractivity contribution in [1.82, 2.24) is 0 Å². The van der Waals surface area contributed by atoms with Crippen LogP contribution in [0.15, 0.2) is 34.9 Å². The zero-order valence-corrected chi connectivity index (χ0v) is 12.0. The summed E-state index contributed by atoms with van der Waals surface area (Å²) in [5, 5.41) is 13.6. The van der Waals surface area contributed by atoms with Crippen molar-refractivity contribution in [1.29, 1.82) is 0 Å². The Morgan fingerprint density at radius 2 is 2.14 bits per heavy atom. The molecule has 0 aliphatic carbocycles. The summed E-state index contributed by atoms with van der Waals surface area (Å²) in [6.45, 7) is 0. The molecule has 3 rings (SSSR count). The van der Waals surface area contributed by atoms with Crippen molar-refractivity contribution in [3.63, 3.8) is 0 Å². The Balaban J connectivity index is 2.02. The van der Waals surface area contributed by atoms with Crippen LogP contribution in [0.5, 0.6) is 0 Å². The predicted molar refractivity (Wildman–Crippen MR) is 76.6 cm³/mol. The minimum absolute atomic E-state index is 0.0674. The number of nitrogens with one attached hydrogen (secondary N) is 1. The number of hydrogen-bond donors (Lipinski definition) is 2. The molecule has 0 spiro atoms. The van der Waals surface area contributed by atoms with Gasteiger partial charge in [-0.1, -0.05) is 23.2 Å². The maximum atomic E-state index is 12.1. The van der Waals surface area contributed by atoms with E-state index in [0.29, 0.717) is 0 Å². The van der Waals surface area contributed by atoms with Gasteiger partial charge in [0.25, 0.3) is 5.91 Å². The molecular formula is C14H9Cl2NO4. The molecule has 7 heteroatoms. The standard InChI is InChI=1S/C14H9Cl2NO4/c15-7-4-8-12(9(16)5-7)17-13(19)14(8,20)6-10(18)11-2-1-3-21-11/h1-5,20H,6H2,(H,17,19)/t14-/m1/s1. The van der Waals surface area contributed by atoms with E-state index in [1.54, 1.807) is 6.07 Å². The topological polar surface area (TPSA) is 79.5 Å². The molecule has 1 aromatic heterocycles. The third-order valence-electron chi connectivity index (χ3n) is 3.33. The van der Waals surface area contributed by atoms with Crippen molar-refractivity contribution >= 4 is 40.6 Å². The van der Waals surface area contributed by atoms with Crippen LogP contribution in [0.4, 0.5) is 5.69 Å². The number of benzene rings is 1. The lowest BCUT2D eigenvalue weighted by Gasteiger charge is -2.19. The molecule has 0 bridgehead atoms. The van der Waals surface area contributed by atoms with Gasteiger partial charge < -0.3 is 14.8 Å². The number of aliphatic hydroxyl groups is 1. The van der Waals surface area contributed by atoms with Crippen LogP contribution < -0.4 is 5.32 Å². The first kappa shape index (κ1) is 14.1. The Morgan fingerprint density at radius 3 is 2.81 bits per heavy atom. The largest absolute Gasteiger partial charge is 0.461 e. The second-order valence-electron chi connectivity index (χ2n) is 4.70. The Bertz CT molecular complexity index is 742. The van der Waals surface area contributed by atoms with Gasteiger partial charge in [-0.25, -0.2) is 0 Å². The van der Waals surface area contributed by atoms with Crippen molar-refractivity contribution in [2.24, 2.45) is 0 Å². The molecule has 0 saturated carbocycles. The highest BCUT2D eigenvalue weighted by Gasteiger charge is 2.48. The molecule has 21 heavy (non-hydrogen) atoms. The van der Waals surface area contributed by atoms with Gasteiger partial charge in [0.15, 0.2) is 11.4 Å². The molecule has 0 fully saturated rings. The number of anilines is 1. The van der Waals surface area contributed by atoms with Gasteiger partial charge in [0.1, 0.15) is 0 Å². The molecule has 1 aromatic carbocycles. The van der Waals surface area contributed by atoms with Crippen LogP contribution in [0.2, 0.25) is 10.0 Å². The van der Waals surface area contributed by atoms with E-state index in [4.69, 9.17) is 27.6 Å². The summed E-state index contributed by atoms with van der Waals surface area (Å²) < 4.78 is 4.98. The third-order valence-corrected chi connectivity index (χ3v) is 3.84. The highest BCUT2D eigenvalue weighted by molar-refractivity contribution is 6.37. The first-order valence-electron chi connectivity index (χ1n) is 6.02. The lowest BCUT2D eigenvalue weighted by molar-refractivity contribution is -0.133. The molecule has 0 saturated heterocycles. The molecule has 108 valence electrons. The molecule has 5 nitrogen and oxygen atoms in total. The van der Waals surface area contributed by atoms with Crippen molar-refractivity contribution in [3.8, 4) is 0 Å². The van der Waals surface area contributed by atoms with Crippen LogP contribution in [-0.2, 0) is 10.4 Å². The number of amides is 1. The molecular weight excluding hydrogens is 317 g/mol. The SMILES string of the molecule is O=C(C[C@]1(O)C(=O)Nc2c(Cl)cc(Cl)cc21)c1ccco1. The lowest BCUT2D eigenvalue weighted by atomic mass is 9.89. The van der Waals surface area contributed by atoms with Gasteiger partial charge in [0.2, 0.25) is 5.78 Å². The monoisotopic (exact) mass is 325 g/mol. The van der Waals surface area contributed by atoms with Gasteiger partial charge in [-0.2, -0.15) is 0 Å². The average Bonchev–Trinajstić information content (AvgIpc) is 3.01. The Kier molecular flexibility index (Phi) is 3.28. The summed E-state index contributed by atoms with van der Waals surface area (Å²) in [7, 11) is 0. The second kappa shape index (κ2) is 4.87. The molecule has 2 N–H and O–H groups in total. The number of carbonyl (C=O) groups excluding carboxylic acids is 2. The number of carbonyl (C=O) groups is 2. The number of rotatable bonds is 3. The molecule has 0 radical (unpaired) electrons. The maximum Gasteiger partial charge on any atom is 0.261 e. The quantitative estimate of drug-likeness (QED) is 0.850. The fraction of sp³-hybridized carbons (Fsp3) is 0.143. The van der Waals surface area contributed by atoms with Gasteiger partial charge in [-0.15, -0.1) is 0 Å². The van der Waals surface area contributed by atoms with Crippen LogP contribution in [-0.4, -0.2) is 16.8 Å². The first-order chi connectivity index (χ1) is 9.91. The van der Waals surface area contributed by atoms with E-state index in [1.807, 2.05) is 0 Å². The van der Waals surface area contributed by atoms with Crippen LogP contribution >= 0.6 is 23.2 Å². The average molecular weight is 326 g/mol. The minimum atomic E-state index is -2.02. The third kappa shape index (κ3) is 2.23. The summed E-state index contributed by atoms with van der Waals surface area (Å²) in [5.74, 6) is -1.15. The van der Waals surface area contributed by atoms with Gasteiger partial charge >= 0.3 is 0 Å². The van der Waals surface area contributed by atoms with Gasteiger partial charge in [0, 0.05) is 10.6 Å². The maximum absolute atomic E-state index is 12.1. The number of hydrogen-bond acceptors (Lipinski definition) is 4. The van der Waals surface area contributed by atoms with Crippen molar-refractivity contribution in [2.75, 3.05) is 5.32 Å². The summed E-state index contributed by atoms with van der Waals surface area (Å²) >= 11 is 11.9. The Morgan fingerprint density at radius 1 is 1.38 bits per heavy atom. The highest BCUT2D eigenvalue weighted by Crippen LogP contribution is 2.44. The Hall–Kier alpha value is -1.82. The first-order valence-corrected chi connectivity index (χ1v) is 6.77. The van der Waals surface area contributed by atoms with Crippen LogP contribution in [0.1, 0.15) is 22.5 Å². The fourth-order valence-corrected chi connectivity index (χ4v) is 2.84. The summed E-state index contributed by atoms with van der Waals surface area (Å²) in [5.41, 5.74) is -1.57. The van der Waals surface area contributed by atoms with E-state index < -0.39 is 23.7 Å². The smallest absolute Gasteiger partial charge is 0.261 e. The van der Waals surface area contributed by atoms with Gasteiger partial charge in [-0.3, -0.25) is 9.59 Å². The lowest BCUT2D eigenvalue weighted by Crippen LogP contribution is -2.36. The van der Waals surface area contributed by atoms with E-state index in [0.717, 1.165) is 0 Å². The molecule has 2 aromatic rings. The molecule has 1 aliphatic rings. The molecule has 2 heterocycles. The molecule has 1 atom stereocenters. The number of halogens is 2. The van der Waals surface area contributed by atoms with Crippen molar-refractivity contribution in [2.45, 2.75) is 12.0 Å². The number of ketones is 1. The zero-order chi connectivity index (χ0) is 15.2. The number of fused-ring (bicyclic) bond motifs is 1. The van der Waals surface area contributed by atoms with E-state index in [-0.39, 0.29) is 27.1 Å². The normalized spacial score (nSPS) is 20.2. The van der Waals surface area contributed by atoms with E-state index in [1.165, 1.54) is 24.5 Å². The highest BCUT2D eigenvalue weighted by atomic mass is 35.5. The molecule has 1 aliphatic heterocycles. The molecule has 1 amide bonds. The Labute approximate surface area is 129 Å². The van der Waals surface area contributed by atoms with E-state index in [2.05, 4.69) is 5.32 Å². The van der Waals surface area contributed by atoms with E-state index >= 15 is 0 Å². The fourth-order valence-electron chi connectivity index (χ4n) is 2.30. The van der Waals surface area contributed by atoms with E-state index in [9.17, 15) is 14.7 Å². The summed E-state index contributed by atoms with van der Waals surface area (Å²) in [6, 6.07) is 5.87. The van der Waals surface area contributed by atoms with Gasteiger partial charge in [0.05, 0.1) is 23.4 Å². The van der Waals surface area contributed by atoms with Gasteiger partial charge in [-0.05, 0) is 24.3 Å².